The number of carbonyl (C=O) groups excluding carboxylic acids is 1. The van der Waals surface area contributed by atoms with Gasteiger partial charge in [0, 0.05) is 5.41 Å². The van der Waals surface area contributed by atoms with Crippen molar-refractivity contribution < 1.29 is 27.9 Å². The fourth-order valence-electron chi connectivity index (χ4n) is 1.53. The first-order valence-corrected chi connectivity index (χ1v) is 6.14. The number of rotatable bonds is 3. The Morgan fingerprint density at radius 2 is 1.76 bits per heavy atom. The van der Waals surface area contributed by atoms with Gasteiger partial charge in [0.25, 0.3) is 0 Å². The maximum absolute atomic E-state index is 12.6. The van der Waals surface area contributed by atoms with Crippen LogP contribution in [0.3, 0.4) is 0 Å². The van der Waals surface area contributed by atoms with Crippen molar-refractivity contribution in [2.45, 2.75) is 33.0 Å². The average molecular weight is 303 g/mol. The molecule has 1 rings (SSSR count). The molecule has 0 saturated carbocycles. The van der Waals surface area contributed by atoms with Crippen LogP contribution in [-0.4, -0.2) is 17.0 Å². The third kappa shape index (κ3) is 4.47. The number of benzene rings is 1. The highest BCUT2D eigenvalue weighted by atomic mass is 19.4. The average Bonchev–Trinajstić information content (AvgIpc) is 2.33. The normalized spacial score (nSPS) is 13.6. The second-order valence-electron chi connectivity index (χ2n) is 5.62. The summed E-state index contributed by atoms with van der Waals surface area (Å²) >= 11 is 0. The Morgan fingerprint density at radius 3 is 2.19 bits per heavy atom. The Kier molecular flexibility index (Phi) is 4.65. The van der Waals surface area contributed by atoms with E-state index in [9.17, 15) is 22.8 Å². The molecule has 2 N–H and O–H groups in total. The van der Waals surface area contributed by atoms with E-state index in [4.69, 9.17) is 5.11 Å². The highest BCUT2D eigenvalue weighted by Crippen LogP contribution is 2.31. The van der Waals surface area contributed by atoms with Gasteiger partial charge in [-0.05, 0) is 17.7 Å². The molecule has 0 aliphatic heterocycles. The number of amides is 1. The lowest BCUT2D eigenvalue weighted by Gasteiger charge is -2.22. The lowest BCUT2D eigenvalue weighted by atomic mass is 9.94. The van der Waals surface area contributed by atoms with E-state index in [0.717, 1.165) is 18.2 Å². The fraction of sp³-hybridized carbons (Fsp3) is 0.429. The summed E-state index contributed by atoms with van der Waals surface area (Å²) in [4.78, 5) is 23.1. The summed E-state index contributed by atoms with van der Waals surface area (Å²) in [6.07, 6.45) is -4.58. The molecule has 0 aromatic heterocycles. The van der Waals surface area contributed by atoms with Gasteiger partial charge in [-0.25, -0.2) is 4.79 Å². The van der Waals surface area contributed by atoms with Gasteiger partial charge in [0.05, 0.1) is 5.56 Å². The molecule has 0 aliphatic rings. The number of hydrogen-bond acceptors (Lipinski definition) is 2. The molecule has 1 amide bonds. The quantitative estimate of drug-likeness (QED) is 0.902. The molecule has 1 atom stereocenters. The summed E-state index contributed by atoms with van der Waals surface area (Å²) in [5.74, 6) is -1.99. The molecule has 116 valence electrons. The van der Waals surface area contributed by atoms with Crippen molar-refractivity contribution in [3.63, 3.8) is 0 Å². The number of nitrogens with one attached hydrogen (secondary N) is 1. The van der Waals surface area contributed by atoms with E-state index in [1.54, 1.807) is 20.8 Å². The van der Waals surface area contributed by atoms with Gasteiger partial charge < -0.3 is 10.4 Å². The van der Waals surface area contributed by atoms with Crippen LogP contribution in [0.15, 0.2) is 24.3 Å². The molecule has 0 saturated heterocycles. The second-order valence-corrected chi connectivity index (χ2v) is 5.62. The number of carbonyl (C=O) groups is 2. The van der Waals surface area contributed by atoms with Gasteiger partial charge in [0.2, 0.25) is 5.91 Å². The Bertz CT molecular complexity index is 547. The molecule has 0 aliphatic carbocycles. The first-order valence-electron chi connectivity index (χ1n) is 6.14. The topological polar surface area (TPSA) is 66.4 Å². The largest absolute Gasteiger partial charge is 0.479 e. The van der Waals surface area contributed by atoms with Crippen LogP contribution in [-0.2, 0) is 15.8 Å². The minimum absolute atomic E-state index is 0.130. The van der Waals surface area contributed by atoms with Crippen LogP contribution in [0.1, 0.15) is 37.9 Å². The molecule has 0 heterocycles. The van der Waals surface area contributed by atoms with Gasteiger partial charge in [-0.1, -0.05) is 32.9 Å². The summed E-state index contributed by atoms with van der Waals surface area (Å²) in [5, 5.41) is 11.4. The van der Waals surface area contributed by atoms with Gasteiger partial charge >= 0.3 is 12.1 Å². The number of carboxylic acid groups (broad SMARTS) is 1. The molecular formula is C14H16F3NO3. The predicted molar refractivity (Wildman–Crippen MR) is 69.4 cm³/mol. The lowest BCUT2D eigenvalue weighted by molar-refractivity contribution is -0.143. The third-order valence-electron chi connectivity index (χ3n) is 2.75. The van der Waals surface area contributed by atoms with Crippen LogP contribution in [0.4, 0.5) is 13.2 Å². The molecule has 4 nitrogen and oxygen atoms in total. The molecule has 1 aromatic rings. The van der Waals surface area contributed by atoms with Crippen molar-refractivity contribution in [2.75, 3.05) is 0 Å². The number of halogens is 3. The number of aliphatic carboxylic acids is 1. The van der Waals surface area contributed by atoms with Crippen molar-refractivity contribution in [3.05, 3.63) is 35.4 Å². The number of alkyl halides is 3. The summed E-state index contributed by atoms with van der Waals surface area (Å²) in [6.45, 7) is 4.73. The van der Waals surface area contributed by atoms with Gasteiger partial charge in [-0.15, -0.1) is 0 Å². The standard InChI is InChI=1S/C14H16F3NO3/c1-13(2,3)12(21)18-10(11(19)20)8-5-4-6-9(7-8)14(15,16)17/h4-7,10H,1-3H3,(H,18,21)(H,19,20). The maximum atomic E-state index is 12.6. The van der Waals surface area contributed by atoms with Crippen molar-refractivity contribution in [1.82, 2.24) is 5.32 Å². The fourth-order valence-corrected chi connectivity index (χ4v) is 1.53. The van der Waals surface area contributed by atoms with Crippen LogP contribution >= 0.6 is 0 Å². The Labute approximate surface area is 120 Å². The minimum Gasteiger partial charge on any atom is -0.479 e. The predicted octanol–water partition coefficient (Wildman–Crippen LogP) is 2.99. The van der Waals surface area contributed by atoms with Crippen LogP contribution < -0.4 is 5.32 Å². The molecular weight excluding hydrogens is 287 g/mol. The van der Waals surface area contributed by atoms with Gasteiger partial charge in [-0.2, -0.15) is 13.2 Å². The van der Waals surface area contributed by atoms with E-state index in [1.807, 2.05) is 0 Å². The Morgan fingerprint density at radius 1 is 1.19 bits per heavy atom. The van der Waals surface area contributed by atoms with E-state index in [2.05, 4.69) is 5.32 Å². The van der Waals surface area contributed by atoms with Crippen molar-refractivity contribution in [3.8, 4) is 0 Å². The SMILES string of the molecule is CC(C)(C)C(=O)NC(C(=O)O)c1cccc(C(F)(F)F)c1. The van der Waals surface area contributed by atoms with E-state index in [1.165, 1.54) is 6.07 Å². The first kappa shape index (κ1) is 17.0. The lowest BCUT2D eigenvalue weighted by Crippen LogP contribution is -2.40. The van der Waals surface area contributed by atoms with Crippen LogP contribution in [0, 0.1) is 5.41 Å². The smallest absolute Gasteiger partial charge is 0.416 e. The molecule has 21 heavy (non-hydrogen) atoms. The zero-order chi connectivity index (χ0) is 16.4. The van der Waals surface area contributed by atoms with Gasteiger partial charge in [0.15, 0.2) is 6.04 Å². The molecule has 0 spiro atoms. The molecule has 0 radical (unpaired) electrons. The zero-order valence-electron chi connectivity index (χ0n) is 11.8. The number of hydrogen-bond donors (Lipinski definition) is 2. The van der Waals surface area contributed by atoms with Crippen LogP contribution in [0.2, 0.25) is 0 Å². The molecule has 1 unspecified atom stereocenters. The third-order valence-corrected chi connectivity index (χ3v) is 2.75. The van der Waals surface area contributed by atoms with E-state index in [0.29, 0.717) is 0 Å². The van der Waals surface area contributed by atoms with Crippen molar-refractivity contribution in [1.29, 1.82) is 0 Å². The van der Waals surface area contributed by atoms with Crippen molar-refractivity contribution >= 4 is 11.9 Å². The molecule has 1 aromatic carbocycles. The number of carboxylic acids is 1. The second kappa shape index (κ2) is 5.75. The van der Waals surface area contributed by atoms with Crippen molar-refractivity contribution in [2.24, 2.45) is 5.41 Å². The Balaban J connectivity index is 3.13. The zero-order valence-corrected chi connectivity index (χ0v) is 11.8. The van der Waals surface area contributed by atoms with Gasteiger partial charge in [-0.3, -0.25) is 4.79 Å². The molecule has 0 bridgehead atoms. The minimum atomic E-state index is -4.58. The van der Waals surface area contributed by atoms with Crippen LogP contribution in [0.5, 0.6) is 0 Å². The molecule has 7 heteroatoms. The highest BCUT2D eigenvalue weighted by molar-refractivity contribution is 5.87. The summed E-state index contributed by atoms with van der Waals surface area (Å²) < 4.78 is 37.9. The summed E-state index contributed by atoms with van der Waals surface area (Å²) in [6, 6.07) is 2.38. The van der Waals surface area contributed by atoms with Crippen LogP contribution in [0.25, 0.3) is 0 Å². The Hall–Kier alpha value is -2.05. The molecule has 0 fully saturated rings. The highest BCUT2D eigenvalue weighted by Gasteiger charge is 2.33. The summed E-state index contributed by atoms with van der Waals surface area (Å²) in [5.41, 5.74) is -1.94. The summed E-state index contributed by atoms with van der Waals surface area (Å²) in [7, 11) is 0. The maximum Gasteiger partial charge on any atom is 0.416 e. The van der Waals surface area contributed by atoms with E-state index in [-0.39, 0.29) is 5.56 Å². The van der Waals surface area contributed by atoms with E-state index >= 15 is 0 Å². The van der Waals surface area contributed by atoms with Gasteiger partial charge in [0.1, 0.15) is 0 Å². The van der Waals surface area contributed by atoms with E-state index < -0.39 is 35.1 Å². The monoisotopic (exact) mass is 303 g/mol. The first-order chi connectivity index (χ1) is 9.43.